The predicted molar refractivity (Wildman–Crippen MR) is 79.0 cm³/mol. The Labute approximate surface area is 124 Å². The highest BCUT2D eigenvalue weighted by atomic mass is 16.5. The lowest BCUT2D eigenvalue weighted by Gasteiger charge is -2.10. The van der Waals surface area contributed by atoms with Gasteiger partial charge in [0, 0.05) is 30.9 Å². The molecule has 0 amide bonds. The van der Waals surface area contributed by atoms with Crippen LogP contribution in [0.3, 0.4) is 0 Å². The van der Waals surface area contributed by atoms with Crippen molar-refractivity contribution in [2.24, 2.45) is 0 Å². The summed E-state index contributed by atoms with van der Waals surface area (Å²) in [5.74, 6) is 1.37. The number of ether oxygens (including phenoxy) is 2. The van der Waals surface area contributed by atoms with Gasteiger partial charge in [-0.05, 0) is 23.8 Å². The summed E-state index contributed by atoms with van der Waals surface area (Å²) in [4.78, 5) is 4.15. The van der Waals surface area contributed by atoms with Crippen LogP contribution in [-0.2, 0) is 13.1 Å². The SMILES string of the molecule is COc1ccc(CNCc2cc(C#N)ccc2OC)cn1. The van der Waals surface area contributed by atoms with Crippen LogP contribution < -0.4 is 14.8 Å². The van der Waals surface area contributed by atoms with E-state index in [0.717, 1.165) is 16.9 Å². The summed E-state index contributed by atoms with van der Waals surface area (Å²) in [6.07, 6.45) is 1.77. The topological polar surface area (TPSA) is 67.2 Å². The molecule has 0 atom stereocenters. The molecule has 1 aromatic carbocycles. The molecule has 0 saturated carbocycles. The van der Waals surface area contributed by atoms with Gasteiger partial charge < -0.3 is 14.8 Å². The molecule has 0 unspecified atom stereocenters. The van der Waals surface area contributed by atoms with Gasteiger partial charge in [-0.15, -0.1) is 0 Å². The molecule has 1 N–H and O–H groups in total. The van der Waals surface area contributed by atoms with Crippen molar-refractivity contribution in [2.45, 2.75) is 13.1 Å². The maximum Gasteiger partial charge on any atom is 0.212 e. The Balaban J connectivity index is 1.97. The van der Waals surface area contributed by atoms with Crippen LogP contribution in [0, 0.1) is 11.3 Å². The molecule has 21 heavy (non-hydrogen) atoms. The highest BCUT2D eigenvalue weighted by Gasteiger charge is 2.04. The van der Waals surface area contributed by atoms with Gasteiger partial charge in [-0.2, -0.15) is 5.26 Å². The second kappa shape index (κ2) is 7.27. The van der Waals surface area contributed by atoms with E-state index < -0.39 is 0 Å². The predicted octanol–water partition coefficient (Wildman–Crippen LogP) is 2.26. The van der Waals surface area contributed by atoms with Crippen molar-refractivity contribution in [3.05, 3.63) is 53.2 Å². The molecule has 0 aliphatic heterocycles. The van der Waals surface area contributed by atoms with Crippen LogP contribution in [0.5, 0.6) is 11.6 Å². The molecule has 108 valence electrons. The molecular weight excluding hydrogens is 266 g/mol. The lowest BCUT2D eigenvalue weighted by Crippen LogP contribution is -2.13. The molecule has 2 aromatic rings. The number of methoxy groups -OCH3 is 2. The Morgan fingerprint density at radius 1 is 1.14 bits per heavy atom. The van der Waals surface area contributed by atoms with E-state index in [-0.39, 0.29) is 0 Å². The smallest absolute Gasteiger partial charge is 0.212 e. The van der Waals surface area contributed by atoms with Crippen LogP contribution in [0.15, 0.2) is 36.5 Å². The van der Waals surface area contributed by atoms with Crippen LogP contribution >= 0.6 is 0 Å². The molecule has 0 radical (unpaired) electrons. The van der Waals surface area contributed by atoms with Crippen molar-refractivity contribution in [2.75, 3.05) is 14.2 Å². The van der Waals surface area contributed by atoms with Gasteiger partial charge in [0.05, 0.1) is 25.9 Å². The van der Waals surface area contributed by atoms with Gasteiger partial charge in [-0.1, -0.05) is 6.07 Å². The summed E-state index contributed by atoms with van der Waals surface area (Å²) in [7, 11) is 3.22. The van der Waals surface area contributed by atoms with Crippen molar-refractivity contribution in [1.82, 2.24) is 10.3 Å². The van der Waals surface area contributed by atoms with Crippen LogP contribution in [-0.4, -0.2) is 19.2 Å². The second-order valence-corrected chi connectivity index (χ2v) is 4.45. The molecule has 0 fully saturated rings. The van der Waals surface area contributed by atoms with Gasteiger partial charge in [0.2, 0.25) is 5.88 Å². The fraction of sp³-hybridized carbons (Fsp3) is 0.250. The minimum Gasteiger partial charge on any atom is -0.496 e. The molecule has 2 rings (SSSR count). The molecule has 0 saturated heterocycles. The average Bonchev–Trinajstić information content (AvgIpc) is 2.55. The first-order valence-electron chi connectivity index (χ1n) is 6.53. The highest BCUT2D eigenvalue weighted by molar-refractivity contribution is 5.42. The maximum atomic E-state index is 8.95. The fourth-order valence-corrected chi connectivity index (χ4v) is 1.96. The van der Waals surface area contributed by atoms with Gasteiger partial charge in [0.25, 0.3) is 0 Å². The zero-order valence-corrected chi connectivity index (χ0v) is 12.1. The zero-order valence-electron chi connectivity index (χ0n) is 12.1. The number of hydrogen-bond acceptors (Lipinski definition) is 5. The molecular formula is C16H17N3O2. The largest absolute Gasteiger partial charge is 0.496 e. The van der Waals surface area contributed by atoms with Crippen LogP contribution in [0.1, 0.15) is 16.7 Å². The van der Waals surface area contributed by atoms with Gasteiger partial charge >= 0.3 is 0 Å². The van der Waals surface area contributed by atoms with E-state index in [9.17, 15) is 0 Å². The van der Waals surface area contributed by atoms with Gasteiger partial charge in [0.15, 0.2) is 0 Å². The summed E-state index contributed by atoms with van der Waals surface area (Å²) < 4.78 is 10.3. The third kappa shape index (κ3) is 3.94. The van der Waals surface area contributed by atoms with Crippen molar-refractivity contribution >= 4 is 0 Å². The van der Waals surface area contributed by atoms with Crippen LogP contribution in [0.4, 0.5) is 0 Å². The van der Waals surface area contributed by atoms with E-state index in [1.807, 2.05) is 24.3 Å². The molecule has 0 bridgehead atoms. The van der Waals surface area contributed by atoms with E-state index >= 15 is 0 Å². The molecule has 0 aliphatic carbocycles. The number of pyridine rings is 1. The van der Waals surface area contributed by atoms with Crippen LogP contribution in [0.25, 0.3) is 0 Å². The van der Waals surface area contributed by atoms with Gasteiger partial charge in [-0.25, -0.2) is 4.98 Å². The standard InChI is InChI=1S/C16H17N3O2/c1-20-15-5-3-12(8-17)7-14(15)11-18-9-13-4-6-16(21-2)19-10-13/h3-7,10,18H,9,11H2,1-2H3. The third-order valence-corrected chi connectivity index (χ3v) is 3.06. The summed E-state index contributed by atoms with van der Waals surface area (Å²) in [5.41, 5.74) is 2.64. The first-order valence-corrected chi connectivity index (χ1v) is 6.53. The maximum absolute atomic E-state index is 8.95. The lowest BCUT2D eigenvalue weighted by atomic mass is 10.1. The Bertz CT molecular complexity index is 633. The number of nitrogens with zero attached hydrogens (tertiary/aromatic N) is 2. The number of nitriles is 1. The third-order valence-electron chi connectivity index (χ3n) is 3.06. The summed E-state index contributed by atoms with van der Waals surface area (Å²) in [5, 5.41) is 12.3. The Morgan fingerprint density at radius 2 is 2.00 bits per heavy atom. The highest BCUT2D eigenvalue weighted by Crippen LogP contribution is 2.19. The van der Waals surface area contributed by atoms with Gasteiger partial charge in [0.1, 0.15) is 5.75 Å². The number of aromatic nitrogens is 1. The average molecular weight is 283 g/mol. The molecule has 0 aliphatic rings. The fourth-order valence-electron chi connectivity index (χ4n) is 1.96. The van der Waals surface area contributed by atoms with E-state index in [1.165, 1.54) is 0 Å². The Hall–Kier alpha value is -2.58. The van der Waals surface area contributed by atoms with Crippen LogP contribution in [0.2, 0.25) is 0 Å². The van der Waals surface area contributed by atoms with Crippen molar-refractivity contribution < 1.29 is 9.47 Å². The molecule has 0 spiro atoms. The van der Waals surface area contributed by atoms with Gasteiger partial charge in [-0.3, -0.25) is 0 Å². The van der Waals surface area contributed by atoms with E-state index in [0.29, 0.717) is 24.5 Å². The number of rotatable bonds is 6. The first kappa shape index (κ1) is 14.8. The van der Waals surface area contributed by atoms with E-state index in [4.69, 9.17) is 14.7 Å². The van der Waals surface area contributed by atoms with Crippen molar-refractivity contribution in [3.8, 4) is 17.7 Å². The Kier molecular flexibility index (Phi) is 5.13. The minimum atomic E-state index is 0.599. The quantitative estimate of drug-likeness (QED) is 0.880. The monoisotopic (exact) mass is 283 g/mol. The molecule has 5 nitrogen and oxygen atoms in total. The van der Waals surface area contributed by atoms with E-state index in [1.54, 1.807) is 26.5 Å². The minimum absolute atomic E-state index is 0.599. The number of nitrogens with one attached hydrogen (secondary N) is 1. The van der Waals surface area contributed by atoms with Crippen molar-refractivity contribution in [1.29, 1.82) is 5.26 Å². The zero-order chi connectivity index (χ0) is 15.1. The molecule has 1 heterocycles. The summed E-state index contributed by atoms with van der Waals surface area (Å²) >= 11 is 0. The number of hydrogen-bond donors (Lipinski definition) is 1. The second-order valence-electron chi connectivity index (χ2n) is 4.45. The van der Waals surface area contributed by atoms with E-state index in [2.05, 4.69) is 16.4 Å². The molecule has 1 aromatic heterocycles. The summed E-state index contributed by atoms with van der Waals surface area (Å²) in [6.45, 7) is 1.29. The molecule has 5 heteroatoms. The van der Waals surface area contributed by atoms with Crippen molar-refractivity contribution in [3.63, 3.8) is 0 Å². The Morgan fingerprint density at radius 3 is 2.62 bits per heavy atom. The first-order chi connectivity index (χ1) is 10.3. The summed E-state index contributed by atoms with van der Waals surface area (Å²) in [6, 6.07) is 11.3. The normalized spacial score (nSPS) is 9.95. The number of benzene rings is 1. The lowest BCUT2D eigenvalue weighted by molar-refractivity contribution is 0.397.